The van der Waals surface area contributed by atoms with Crippen LogP contribution in [0.1, 0.15) is 17.2 Å². The van der Waals surface area contributed by atoms with E-state index in [2.05, 4.69) is 4.98 Å². The van der Waals surface area contributed by atoms with Crippen LogP contribution in [-0.2, 0) is 0 Å². The van der Waals surface area contributed by atoms with E-state index in [-0.39, 0.29) is 6.04 Å². The number of nitrogens with two attached hydrogens (primary N) is 1. The van der Waals surface area contributed by atoms with Gasteiger partial charge < -0.3 is 15.2 Å². The Hall–Kier alpha value is -1.78. The minimum absolute atomic E-state index is 0.360. The number of rotatable bonds is 4. The minimum Gasteiger partial charge on any atom is -0.493 e. The summed E-state index contributed by atoms with van der Waals surface area (Å²) in [5.74, 6) is 1.18. The van der Waals surface area contributed by atoms with Crippen LogP contribution in [0.2, 0.25) is 5.02 Å². The zero-order chi connectivity index (χ0) is 13.8. The summed E-state index contributed by atoms with van der Waals surface area (Å²) in [7, 11) is 3.14. The van der Waals surface area contributed by atoms with E-state index in [4.69, 9.17) is 26.8 Å². The Morgan fingerprint density at radius 3 is 2.47 bits per heavy atom. The summed E-state index contributed by atoms with van der Waals surface area (Å²) in [6.07, 6.45) is 3.42. The second kappa shape index (κ2) is 5.91. The molecule has 0 saturated heterocycles. The fourth-order valence-electron chi connectivity index (χ4n) is 1.85. The lowest BCUT2D eigenvalue weighted by atomic mass is 10.0. The van der Waals surface area contributed by atoms with Gasteiger partial charge in [0.05, 0.1) is 20.3 Å². The van der Waals surface area contributed by atoms with Crippen LogP contribution in [0.4, 0.5) is 0 Å². The largest absolute Gasteiger partial charge is 0.493 e. The standard InChI is InChI=1S/C14H15ClN2O2/c1-18-12-6-10(11(15)7-13(12)19-2)14(16)9-4-3-5-17-8-9/h3-8,14H,16H2,1-2H3. The van der Waals surface area contributed by atoms with Gasteiger partial charge in [-0.3, -0.25) is 4.98 Å². The van der Waals surface area contributed by atoms with Crippen molar-refractivity contribution in [2.45, 2.75) is 6.04 Å². The Balaban J connectivity index is 2.45. The number of pyridine rings is 1. The maximum atomic E-state index is 6.25. The third-order valence-corrected chi connectivity index (χ3v) is 3.21. The predicted octanol–water partition coefficient (Wildman–Crippen LogP) is 2.80. The molecule has 1 heterocycles. The molecular formula is C14H15ClN2O2. The fourth-order valence-corrected chi connectivity index (χ4v) is 2.12. The number of nitrogens with zero attached hydrogens (tertiary/aromatic N) is 1. The normalized spacial score (nSPS) is 12.0. The van der Waals surface area contributed by atoms with Crippen LogP contribution in [0.3, 0.4) is 0 Å². The summed E-state index contributed by atoms with van der Waals surface area (Å²) in [5, 5.41) is 0.536. The summed E-state index contributed by atoms with van der Waals surface area (Å²) in [5.41, 5.74) is 7.87. The predicted molar refractivity (Wildman–Crippen MR) is 74.8 cm³/mol. The number of halogens is 1. The molecule has 2 N–H and O–H groups in total. The van der Waals surface area contributed by atoms with Gasteiger partial charge in [0, 0.05) is 23.5 Å². The summed E-state index contributed by atoms with van der Waals surface area (Å²) >= 11 is 6.25. The number of hydrogen-bond acceptors (Lipinski definition) is 4. The summed E-state index contributed by atoms with van der Waals surface area (Å²) in [4.78, 5) is 4.06. The third kappa shape index (κ3) is 2.80. The summed E-state index contributed by atoms with van der Waals surface area (Å²) in [6, 6.07) is 6.88. The zero-order valence-electron chi connectivity index (χ0n) is 10.8. The molecule has 4 nitrogen and oxygen atoms in total. The lowest BCUT2D eigenvalue weighted by molar-refractivity contribution is 0.354. The lowest BCUT2D eigenvalue weighted by Gasteiger charge is -2.16. The molecule has 1 unspecified atom stereocenters. The number of methoxy groups -OCH3 is 2. The average molecular weight is 279 g/mol. The van der Waals surface area contributed by atoms with Gasteiger partial charge in [-0.2, -0.15) is 0 Å². The van der Waals surface area contributed by atoms with Crippen molar-refractivity contribution in [3.8, 4) is 11.5 Å². The van der Waals surface area contributed by atoms with Gasteiger partial charge in [0.25, 0.3) is 0 Å². The molecule has 0 fully saturated rings. The molecule has 100 valence electrons. The molecule has 0 spiro atoms. The third-order valence-electron chi connectivity index (χ3n) is 2.88. The SMILES string of the molecule is COc1cc(Cl)c(C(N)c2cccnc2)cc1OC. The van der Waals surface area contributed by atoms with E-state index >= 15 is 0 Å². The first kappa shape index (κ1) is 13.6. The van der Waals surface area contributed by atoms with Gasteiger partial charge >= 0.3 is 0 Å². The van der Waals surface area contributed by atoms with Crippen molar-refractivity contribution < 1.29 is 9.47 Å². The van der Waals surface area contributed by atoms with E-state index in [1.807, 2.05) is 12.1 Å². The van der Waals surface area contributed by atoms with Crippen LogP contribution in [0, 0.1) is 0 Å². The second-order valence-electron chi connectivity index (χ2n) is 3.99. The fraction of sp³-hybridized carbons (Fsp3) is 0.214. The summed E-state index contributed by atoms with van der Waals surface area (Å²) in [6.45, 7) is 0. The van der Waals surface area contributed by atoms with Crippen molar-refractivity contribution in [2.75, 3.05) is 14.2 Å². The van der Waals surface area contributed by atoms with E-state index in [9.17, 15) is 0 Å². The van der Waals surface area contributed by atoms with Gasteiger partial charge in [-0.1, -0.05) is 17.7 Å². The Labute approximate surface area is 117 Å². The summed E-state index contributed by atoms with van der Waals surface area (Å²) < 4.78 is 10.5. The van der Waals surface area contributed by atoms with Gasteiger partial charge in [-0.25, -0.2) is 0 Å². The van der Waals surface area contributed by atoms with Crippen molar-refractivity contribution in [1.29, 1.82) is 0 Å². The highest BCUT2D eigenvalue weighted by Gasteiger charge is 2.16. The quantitative estimate of drug-likeness (QED) is 0.934. The molecule has 0 saturated carbocycles. The Morgan fingerprint density at radius 1 is 1.21 bits per heavy atom. The average Bonchev–Trinajstić information content (AvgIpc) is 2.47. The number of benzene rings is 1. The van der Waals surface area contributed by atoms with Crippen molar-refractivity contribution in [3.05, 3.63) is 52.8 Å². The Kier molecular flexibility index (Phi) is 4.24. The van der Waals surface area contributed by atoms with E-state index in [1.165, 1.54) is 0 Å². The van der Waals surface area contributed by atoms with Gasteiger partial charge in [-0.15, -0.1) is 0 Å². The highest BCUT2D eigenvalue weighted by atomic mass is 35.5. The highest BCUT2D eigenvalue weighted by Crippen LogP contribution is 2.36. The zero-order valence-corrected chi connectivity index (χ0v) is 11.5. The van der Waals surface area contributed by atoms with Crippen LogP contribution < -0.4 is 15.2 Å². The monoisotopic (exact) mass is 278 g/mol. The second-order valence-corrected chi connectivity index (χ2v) is 4.40. The smallest absolute Gasteiger partial charge is 0.162 e. The molecule has 2 aromatic rings. The molecule has 5 heteroatoms. The minimum atomic E-state index is -0.360. The molecule has 0 aliphatic heterocycles. The number of aromatic nitrogens is 1. The topological polar surface area (TPSA) is 57.4 Å². The maximum absolute atomic E-state index is 6.25. The van der Waals surface area contributed by atoms with Crippen molar-refractivity contribution in [2.24, 2.45) is 5.73 Å². The molecule has 0 bridgehead atoms. The molecule has 0 amide bonds. The van der Waals surface area contributed by atoms with Gasteiger partial charge in [0.1, 0.15) is 0 Å². The highest BCUT2D eigenvalue weighted by molar-refractivity contribution is 6.31. The first-order chi connectivity index (χ1) is 9.17. The van der Waals surface area contributed by atoms with E-state index in [0.29, 0.717) is 16.5 Å². The van der Waals surface area contributed by atoms with Crippen LogP contribution in [-0.4, -0.2) is 19.2 Å². The Morgan fingerprint density at radius 2 is 1.89 bits per heavy atom. The molecule has 0 aliphatic rings. The number of ether oxygens (including phenoxy) is 2. The molecule has 19 heavy (non-hydrogen) atoms. The Bertz CT molecular complexity index is 561. The van der Waals surface area contributed by atoms with E-state index in [0.717, 1.165) is 11.1 Å². The number of hydrogen-bond donors (Lipinski definition) is 1. The molecule has 1 aromatic heterocycles. The lowest BCUT2D eigenvalue weighted by Crippen LogP contribution is -2.13. The molecule has 2 rings (SSSR count). The first-order valence-corrected chi connectivity index (χ1v) is 6.12. The van der Waals surface area contributed by atoms with Gasteiger partial charge in [-0.05, 0) is 23.3 Å². The molecule has 1 atom stereocenters. The first-order valence-electron chi connectivity index (χ1n) is 5.74. The van der Waals surface area contributed by atoms with Crippen LogP contribution >= 0.6 is 11.6 Å². The van der Waals surface area contributed by atoms with E-state index in [1.54, 1.807) is 38.7 Å². The van der Waals surface area contributed by atoms with Crippen molar-refractivity contribution >= 4 is 11.6 Å². The molecule has 1 aromatic carbocycles. The van der Waals surface area contributed by atoms with Crippen LogP contribution in [0.15, 0.2) is 36.7 Å². The molecular weight excluding hydrogens is 264 g/mol. The van der Waals surface area contributed by atoms with E-state index < -0.39 is 0 Å². The molecule has 0 radical (unpaired) electrons. The van der Waals surface area contributed by atoms with Crippen LogP contribution in [0.25, 0.3) is 0 Å². The van der Waals surface area contributed by atoms with Gasteiger partial charge in [0.2, 0.25) is 0 Å². The van der Waals surface area contributed by atoms with Crippen molar-refractivity contribution in [3.63, 3.8) is 0 Å². The van der Waals surface area contributed by atoms with Crippen molar-refractivity contribution in [1.82, 2.24) is 4.98 Å². The van der Waals surface area contributed by atoms with Crippen LogP contribution in [0.5, 0.6) is 11.5 Å². The molecule has 0 aliphatic carbocycles. The maximum Gasteiger partial charge on any atom is 0.162 e. The van der Waals surface area contributed by atoms with Gasteiger partial charge in [0.15, 0.2) is 11.5 Å².